The third-order valence-electron chi connectivity index (χ3n) is 3.30. The van der Waals surface area contributed by atoms with E-state index in [1.165, 1.54) is 18.4 Å². The zero-order chi connectivity index (χ0) is 13.5. The largest absolute Gasteiger partial charge is 0.476 e. The van der Waals surface area contributed by atoms with Gasteiger partial charge in [0.25, 0.3) is 0 Å². The van der Waals surface area contributed by atoms with Gasteiger partial charge in [0.05, 0.1) is 6.61 Å². The van der Waals surface area contributed by atoms with Crippen molar-refractivity contribution in [2.45, 2.75) is 32.6 Å². The Balaban J connectivity index is 2.05. The molecule has 1 aliphatic heterocycles. The second-order valence-corrected chi connectivity index (χ2v) is 5.02. The average Bonchev–Trinajstić information content (AvgIpc) is 2.44. The summed E-state index contributed by atoms with van der Waals surface area (Å²) in [6.07, 6.45) is 10.2. The van der Waals surface area contributed by atoms with E-state index >= 15 is 0 Å². The van der Waals surface area contributed by atoms with E-state index in [-0.39, 0.29) is 0 Å². The van der Waals surface area contributed by atoms with E-state index in [1.54, 1.807) is 12.4 Å². The maximum absolute atomic E-state index is 5.79. The van der Waals surface area contributed by atoms with E-state index in [0.29, 0.717) is 5.88 Å². The third kappa shape index (κ3) is 4.03. The van der Waals surface area contributed by atoms with E-state index in [0.717, 1.165) is 38.2 Å². The number of ether oxygens (including phenoxy) is 1. The zero-order valence-electron chi connectivity index (χ0n) is 11.9. The van der Waals surface area contributed by atoms with E-state index in [2.05, 4.69) is 34.9 Å². The molecule has 19 heavy (non-hydrogen) atoms. The third-order valence-corrected chi connectivity index (χ3v) is 3.30. The molecule has 1 aromatic heterocycles. The van der Waals surface area contributed by atoms with Crippen molar-refractivity contribution in [2.75, 3.05) is 26.7 Å². The van der Waals surface area contributed by atoms with Gasteiger partial charge in [0, 0.05) is 25.5 Å². The minimum absolute atomic E-state index is 0.681. The molecular formula is C15H23N3O. The molecule has 0 spiro atoms. The lowest BCUT2D eigenvalue weighted by molar-refractivity contribution is 0.291. The summed E-state index contributed by atoms with van der Waals surface area (Å²) < 4.78 is 5.79. The number of aromatic nitrogens is 2. The van der Waals surface area contributed by atoms with Crippen molar-refractivity contribution in [2.24, 2.45) is 0 Å². The van der Waals surface area contributed by atoms with Gasteiger partial charge in [-0.05, 0) is 25.5 Å². The maximum atomic E-state index is 5.79. The Bertz CT molecular complexity index is 431. The van der Waals surface area contributed by atoms with Gasteiger partial charge >= 0.3 is 0 Å². The molecule has 1 aliphatic rings. The van der Waals surface area contributed by atoms with Crippen LogP contribution in [0, 0.1) is 0 Å². The van der Waals surface area contributed by atoms with Gasteiger partial charge in [0.15, 0.2) is 0 Å². The fraction of sp³-hybridized carbons (Fsp3) is 0.600. The predicted octanol–water partition coefficient (Wildman–Crippen LogP) is 2.76. The minimum Gasteiger partial charge on any atom is -0.476 e. The summed E-state index contributed by atoms with van der Waals surface area (Å²) in [6.45, 7) is 4.94. The van der Waals surface area contributed by atoms with Crippen LogP contribution < -0.4 is 4.74 Å². The zero-order valence-corrected chi connectivity index (χ0v) is 11.9. The highest BCUT2D eigenvalue weighted by atomic mass is 16.5. The summed E-state index contributed by atoms with van der Waals surface area (Å²) in [6, 6.07) is 0. The lowest BCUT2D eigenvalue weighted by Gasteiger charge is -2.23. The van der Waals surface area contributed by atoms with Crippen molar-refractivity contribution in [3.63, 3.8) is 0 Å². The number of hydrogen-bond donors (Lipinski definition) is 0. The van der Waals surface area contributed by atoms with Crippen molar-refractivity contribution in [1.29, 1.82) is 0 Å². The van der Waals surface area contributed by atoms with Crippen molar-refractivity contribution in [3.05, 3.63) is 24.2 Å². The normalized spacial score (nSPS) is 16.2. The van der Waals surface area contributed by atoms with Gasteiger partial charge in [-0.2, -0.15) is 0 Å². The minimum atomic E-state index is 0.681. The fourth-order valence-corrected chi connectivity index (χ4v) is 2.24. The van der Waals surface area contributed by atoms with Gasteiger partial charge in [-0.25, -0.2) is 9.97 Å². The Hall–Kier alpha value is -1.42. The number of likely N-dealkylation sites (N-methyl/N-ethyl adjacent to an activating group) is 1. The number of nitrogens with zero attached hydrogens (tertiary/aromatic N) is 3. The first kappa shape index (κ1) is 14.0. The first-order chi connectivity index (χ1) is 9.31. The predicted molar refractivity (Wildman–Crippen MR) is 77.1 cm³/mol. The first-order valence-electron chi connectivity index (χ1n) is 7.13. The summed E-state index contributed by atoms with van der Waals surface area (Å²) in [7, 11) is 2.13. The summed E-state index contributed by atoms with van der Waals surface area (Å²) in [5, 5.41) is 0. The van der Waals surface area contributed by atoms with Crippen LogP contribution in [-0.4, -0.2) is 41.6 Å². The topological polar surface area (TPSA) is 38.3 Å². The van der Waals surface area contributed by atoms with Crippen molar-refractivity contribution >= 4 is 5.57 Å². The van der Waals surface area contributed by atoms with E-state index in [4.69, 9.17) is 4.74 Å². The highest BCUT2D eigenvalue weighted by molar-refractivity contribution is 5.67. The van der Waals surface area contributed by atoms with Gasteiger partial charge in [0.1, 0.15) is 5.69 Å². The molecular weight excluding hydrogens is 238 g/mol. The SMILES string of the molecule is CCCCCOc1nccnc1C1=CCCN(C)C1. The highest BCUT2D eigenvalue weighted by Crippen LogP contribution is 2.24. The molecule has 104 valence electrons. The Labute approximate surface area is 115 Å². The standard InChI is InChI=1S/C15H23N3O/c1-3-4-5-11-19-15-14(16-8-9-17-15)13-7-6-10-18(2)12-13/h7-9H,3-6,10-12H2,1-2H3. The molecule has 4 heteroatoms. The highest BCUT2D eigenvalue weighted by Gasteiger charge is 2.16. The molecule has 0 saturated heterocycles. The molecule has 0 N–H and O–H groups in total. The molecule has 0 unspecified atom stereocenters. The van der Waals surface area contributed by atoms with Gasteiger partial charge in [-0.1, -0.05) is 25.8 Å². The van der Waals surface area contributed by atoms with Gasteiger partial charge in [-0.15, -0.1) is 0 Å². The summed E-state index contributed by atoms with van der Waals surface area (Å²) >= 11 is 0. The van der Waals surface area contributed by atoms with Crippen molar-refractivity contribution in [3.8, 4) is 5.88 Å². The van der Waals surface area contributed by atoms with Gasteiger partial charge in [-0.3, -0.25) is 0 Å². The second-order valence-electron chi connectivity index (χ2n) is 5.02. The number of rotatable bonds is 6. The van der Waals surface area contributed by atoms with Crippen LogP contribution in [0.25, 0.3) is 5.57 Å². The second kappa shape index (κ2) is 7.24. The Morgan fingerprint density at radius 1 is 1.26 bits per heavy atom. The summed E-state index contributed by atoms with van der Waals surface area (Å²) in [5.41, 5.74) is 2.14. The summed E-state index contributed by atoms with van der Waals surface area (Å²) in [4.78, 5) is 11.1. The molecule has 0 saturated carbocycles. The quantitative estimate of drug-likeness (QED) is 0.738. The van der Waals surface area contributed by atoms with Crippen LogP contribution in [0.3, 0.4) is 0 Å². The van der Waals surface area contributed by atoms with Crippen LogP contribution in [0.2, 0.25) is 0 Å². The first-order valence-corrected chi connectivity index (χ1v) is 7.13. The fourth-order valence-electron chi connectivity index (χ4n) is 2.24. The maximum Gasteiger partial charge on any atom is 0.240 e. The van der Waals surface area contributed by atoms with Crippen LogP contribution in [0.4, 0.5) is 0 Å². The van der Waals surface area contributed by atoms with Crippen LogP contribution in [-0.2, 0) is 0 Å². The molecule has 1 aromatic rings. The van der Waals surface area contributed by atoms with Gasteiger partial charge in [0.2, 0.25) is 5.88 Å². The van der Waals surface area contributed by atoms with E-state index in [9.17, 15) is 0 Å². The molecule has 0 radical (unpaired) electrons. The Kier molecular flexibility index (Phi) is 5.33. The monoisotopic (exact) mass is 261 g/mol. The Morgan fingerprint density at radius 2 is 2.11 bits per heavy atom. The smallest absolute Gasteiger partial charge is 0.240 e. The van der Waals surface area contributed by atoms with Gasteiger partial charge < -0.3 is 9.64 Å². The van der Waals surface area contributed by atoms with Crippen LogP contribution >= 0.6 is 0 Å². The average molecular weight is 261 g/mol. The number of unbranched alkanes of at least 4 members (excludes halogenated alkanes) is 2. The number of hydrogen-bond acceptors (Lipinski definition) is 4. The summed E-state index contributed by atoms with van der Waals surface area (Å²) in [5.74, 6) is 0.681. The molecule has 0 aliphatic carbocycles. The molecule has 0 aromatic carbocycles. The molecule has 0 amide bonds. The van der Waals surface area contributed by atoms with Crippen LogP contribution in [0.5, 0.6) is 5.88 Å². The van der Waals surface area contributed by atoms with E-state index in [1.807, 2.05) is 0 Å². The Morgan fingerprint density at radius 3 is 2.89 bits per heavy atom. The van der Waals surface area contributed by atoms with Crippen LogP contribution in [0.1, 0.15) is 38.3 Å². The van der Waals surface area contributed by atoms with Crippen molar-refractivity contribution < 1.29 is 4.74 Å². The molecule has 2 heterocycles. The molecule has 0 fully saturated rings. The van der Waals surface area contributed by atoms with Crippen molar-refractivity contribution in [1.82, 2.24) is 14.9 Å². The molecule has 4 nitrogen and oxygen atoms in total. The lowest BCUT2D eigenvalue weighted by Crippen LogP contribution is -2.25. The van der Waals surface area contributed by atoms with Crippen LogP contribution in [0.15, 0.2) is 18.5 Å². The molecule has 2 rings (SSSR count). The molecule has 0 bridgehead atoms. The van der Waals surface area contributed by atoms with E-state index < -0.39 is 0 Å². The lowest BCUT2D eigenvalue weighted by atomic mass is 10.1. The molecule has 0 atom stereocenters.